The van der Waals surface area contributed by atoms with Gasteiger partial charge in [-0.25, -0.2) is 9.18 Å². The van der Waals surface area contributed by atoms with Crippen LogP contribution in [0, 0.1) is 19.7 Å². The first-order valence-electron chi connectivity index (χ1n) is 8.57. The van der Waals surface area contributed by atoms with Crippen molar-refractivity contribution in [3.63, 3.8) is 0 Å². The molecule has 1 aromatic heterocycles. The van der Waals surface area contributed by atoms with Gasteiger partial charge in [-0.3, -0.25) is 9.59 Å². The third kappa shape index (κ3) is 4.09. The molecule has 6 nitrogen and oxygen atoms in total. The lowest BCUT2D eigenvalue weighted by Gasteiger charge is -2.13. The highest BCUT2D eigenvalue weighted by molar-refractivity contribution is 5.97. The van der Waals surface area contributed by atoms with Crippen molar-refractivity contribution in [2.45, 2.75) is 26.9 Å². The van der Waals surface area contributed by atoms with Crippen LogP contribution < -0.4 is 10.7 Å². The predicted molar refractivity (Wildman–Crippen MR) is 102 cm³/mol. The number of aryl methyl sites for hydroxylation is 2. The molecule has 0 saturated heterocycles. The molecule has 3 aromatic rings. The first-order valence-corrected chi connectivity index (χ1v) is 8.57. The number of benzene rings is 2. The number of ether oxygens (including phenoxy) is 1. The fraction of sp³-hybridized carbons (Fsp3) is 0.190. The molecule has 1 atom stereocenters. The zero-order valence-electron chi connectivity index (χ0n) is 15.5. The molecule has 0 fully saturated rings. The summed E-state index contributed by atoms with van der Waals surface area (Å²) in [6.45, 7) is 4.80. The SMILES string of the molecule is Cc1ccc2oc(C(=O)O[C@H](C)C(=O)Nc3ccc(C)c(F)c3)cc(=O)c2c1. The molecule has 0 aliphatic rings. The van der Waals surface area contributed by atoms with E-state index in [-0.39, 0.29) is 22.5 Å². The first-order chi connectivity index (χ1) is 13.2. The molecule has 0 radical (unpaired) electrons. The fourth-order valence-electron chi connectivity index (χ4n) is 2.56. The molecule has 1 heterocycles. The van der Waals surface area contributed by atoms with Gasteiger partial charge in [-0.1, -0.05) is 17.7 Å². The number of amides is 1. The van der Waals surface area contributed by atoms with Gasteiger partial charge in [0.2, 0.25) is 5.76 Å². The number of carbonyl (C=O) groups excluding carboxylic acids is 2. The van der Waals surface area contributed by atoms with E-state index in [1.807, 2.05) is 6.92 Å². The molecule has 7 heteroatoms. The molecule has 0 saturated carbocycles. The van der Waals surface area contributed by atoms with Gasteiger partial charge in [-0.05, 0) is 50.6 Å². The van der Waals surface area contributed by atoms with Gasteiger partial charge in [0.1, 0.15) is 11.4 Å². The Bertz CT molecular complexity index is 1140. The van der Waals surface area contributed by atoms with Gasteiger partial charge in [0.15, 0.2) is 11.5 Å². The van der Waals surface area contributed by atoms with E-state index < -0.39 is 23.8 Å². The number of hydrogen-bond donors (Lipinski definition) is 1. The first kappa shape index (κ1) is 19.3. The molecule has 1 amide bonds. The molecular formula is C21H18FNO5. The van der Waals surface area contributed by atoms with Crippen LogP contribution in [0.2, 0.25) is 0 Å². The zero-order valence-corrected chi connectivity index (χ0v) is 15.5. The third-order valence-electron chi connectivity index (χ3n) is 4.18. The largest absolute Gasteiger partial charge is 0.449 e. The van der Waals surface area contributed by atoms with Crippen LogP contribution in [0.15, 0.2) is 51.7 Å². The zero-order chi connectivity index (χ0) is 20.4. The highest BCUT2D eigenvalue weighted by Gasteiger charge is 2.22. The van der Waals surface area contributed by atoms with Crippen molar-refractivity contribution in [3.8, 4) is 0 Å². The summed E-state index contributed by atoms with van der Waals surface area (Å²) < 4.78 is 24.1. The van der Waals surface area contributed by atoms with Crippen molar-refractivity contribution in [2.75, 3.05) is 5.32 Å². The standard InChI is InChI=1S/C21H18FNO5/c1-11-4-7-18-15(8-11)17(24)10-19(28-18)21(26)27-13(3)20(25)23-14-6-5-12(2)16(22)9-14/h4-10,13H,1-3H3,(H,23,25)/t13-/m1/s1. The number of carbonyl (C=O) groups is 2. The summed E-state index contributed by atoms with van der Waals surface area (Å²) in [5, 5.41) is 2.82. The van der Waals surface area contributed by atoms with Crippen LogP contribution in [0.25, 0.3) is 11.0 Å². The molecule has 0 unspecified atom stereocenters. The van der Waals surface area contributed by atoms with Gasteiger partial charge in [-0.2, -0.15) is 0 Å². The van der Waals surface area contributed by atoms with E-state index in [0.29, 0.717) is 10.9 Å². The molecule has 28 heavy (non-hydrogen) atoms. The summed E-state index contributed by atoms with van der Waals surface area (Å²) in [6, 6.07) is 10.3. The molecule has 3 rings (SSSR count). The molecular weight excluding hydrogens is 365 g/mol. The van der Waals surface area contributed by atoms with Crippen molar-refractivity contribution in [1.82, 2.24) is 0 Å². The van der Waals surface area contributed by atoms with Crippen molar-refractivity contribution in [2.24, 2.45) is 0 Å². The lowest BCUT2D eigenvalue weighted by atomic mass is 10.1. The van der Waals surface area contributed by atoms with E-state index in [2.05, 4.69) is 5.32 Å². The Kier molecular flexibility index (Phi) is 5.26. The third-order valence-corrected chi connectivity index (χ3v) is 4.18. The Hall–Kier alpha value is -3.48. The lowest BCUT2D eigenvalue weighted by molar-refractivity contribution is -0.123. The molecule has 0 spiro atoms. The average Bonchev–Trinajstić information content (AvgIpc) is 2.65. The molecule has 0 aliphatic heterocycles. The maximum absolute atomic E-state index is 13.6. The summed E-state index contributed by atoms with van der Waals surface area (Å²) >= 11 is 0. The highest BCUT2D eigenvalue weighted by atomic mass is 19.1. The van der Waals surface area contributed by atoms with E-state index in [1.54, 1.807) is 25.1 Å². The quantitative estimate of drug-likeness (QED) is 0.694. The minimum atomic E-state index is -1.18. The minimum Gasteiger partial charge on any atom is -0.449 e. The molecule has 2 aromatic carbocycles. The van der Waals surface area contributed by atoms with Crippen LogP contribution in [0.4, 0.5) is 10.1 Å². The van der Waals surface area contributed by atoms with E-state index in [9.17, 15) is 18.8 Å². The van der Waals surface area contributed by atoms with Gasteiger partial charge in [0.25, 0.3) is 5.91 Å². The Morgan fingerprint density at radius 2 is 1.86 bits per heavy atom. The number of nitrogens with one attached hydrogen (secondary N) is 1. The van der Waals surface area contributed by atoms with E-state index >= 15 is 0 Å². The predicted octanol–water partition coefficient (Wildman–Crippen LogP) is 3.73. The summed E-state index contributed by atoms with van der Waals surface area (Å²) in [5.74, 6) is -2.36. The molecule has 0 bridgehead atoms. The maximum Gasteiger partial charge on any atom is 0.375 e. The van der Waals surface area contributed by atoms with E-state index in [4.69, 9.17) is 9.15 Å². The van der Waals surface area contributed by atoms with E-state index in [0.717, 1.165) is 11.6 Å². The van der Waals surface area contributed by atoms with Crippen LogP contribution in [-0.2, 0) is 9.53 Å². The van der Waals surface area contributed by atoms with E-state index in [1.165, 1.54) is 25.1 Å². The van der Waals surface area contributed by atoms with Crippen LogP contribution in [0.1, 0.15) is 28.6 Å². The topological polar surface area (TPSA) is 85.6 Å². The maximum atomic E-state index is 13.6. The van der Waals surface area contributed by atoms with Gasteiger partial charge in [-0.15, -0.1) is 0 Å². The van der Waals surface area contributed by atoms with Crippen LogP contribution >= 0.6 is 0 Å². The smallest absolute Gasteiger partial charge is 0.375 e. The van der Waals surface area contributed by atoms with Gasteiger partial charge >= 0.3 is 5.97 Å². The Labute approximate surface area is 159 Å². The number of rotatable bonds is 4. The Morgan fingerprint density at radius 1 is 1.11 bits per heavy atom. The van der Waals surface area contributed by atoms with Gasteiger partial charge < -0.3 is 14.5 Å². The second-order valence-electron chi connectivity index (χ2n) is 6.48. The van der Waals surface area contributed by atoms with Crippen molar-refractivity contribution >= 4 is 28.5 Å². The van der Waals surface area contributed by atoms with Crippen LogP contribution in [-0.4, -0.2) is 18.0 Å². The second-order valence-corrected chi connectivity index (χ2v) is 6.48. The van der Waals surface area contributed by atoms with Gasteiger partial charge in [0.05, 0.1) is 5.39 Å². The summed E-state index contributed by atoms with van der Waals surface area (Å²) in [5.41, 5.74) is 1.43. The normalized spacial score (nSPS) is 11.9. The van der Waals surface area contributed by atoms with Crippen LogP contribution in [0.5, 0.6) is 0 Å². The lowest BCUT2D eigenvalue weighted by Crippen LogP contribution is -2.30. The summed E-state index contributed by atoms with van der Waals surface area (Å²) in [4.78, 5) is 36.7. The minimum absolute atomic E-state index is 0.239. The Morgan fingerprint density at radius 3 is 2.57 bits per heavy atom. The molecule has 144 valence electrons. The monoisotopic (exact) mass is 383 g/mol. The van der Waals surface area contributed by atoms with Crippen molar-refractivity contribution in [3.05, 3.63) is 75.4 Å². The van der Waals surface area contributed by atoms with Crippen LogP contribution in [0.3, 0.4) is 0 Å². The molecule has 1 N–H and O–H groups in total. The summed E-state index contributed by atoms with van der Waals surface area (Å²) in [7, 11) is 0. The fourth-order valence-corrected chi connectivity index (χ4v) is 2.56. The van der Waals surface area contributed by atoms with Crippen molar-refractivity contribution < 1.29 is 23.1 Å². The second kappa shape index (κ2) is 7.64. The number of anilines is 1. The Balaban J connectivity index is 1.73. The van der Waals surface area contributed by atoms with Gasteiger partial charge in [0, 0.05) is 11.8 Å². The van der Waals surface area contributed by atoms with Crippen molar-refractivity contribution in [1.29, 1.82) is 0 Å². The number of fused-ring (bicyclic) bond motifs is 1. The number of esters is 1. The number of hydrogen-bond acceptors (Lipinski definition) is 5. The average molecular weight is 383 g/mol. The molecule has 0 aliphatic carbocycles. The summed E-state index contributed by atoms with van der Waals surface area (Å²) in [6.07, 6.45) is -1.18. The highest BCUT2D eigenvalue weighted by Crippen LogP contribution is 2.16. The number of halogens is 1.